The maximum Gasteiger partial charge on any atom is 0.262 e. The summed E-state index contributed by atoms with van der Waals surface area (Å²) in [5.74, 6) is 0.422. The van der Waals surface area contributed by atoms with Gasteiger partial charge < -0.3 is 20.5 Å². The zero-order valence-corrected chi connectivity index (χ0v) is 10.4. The Bertz CT molecular complexity index is 438. The molecule has 5 nitrogen and oxygen atoms in total. The van der Waals surface area contributed by atoms with Crippen molar-refractivity contribution in [3.63, 3.8) is 0 Å². The molecule has 1 amide bonds. The van der Waals surface area contributed by atoms with Gasteiger partial charge in [-0.25, -0.2) is 0 Å². The molecular formula is C12H14N2O3S. The van der Waals surface area contributed by atoms with Crippen LogP contribution in [0.15, 0.2) is 30.3 Å². The highest BCUT2D eigenvalue weighted by Gasteiger charge is 2.28. The number of nitrogens with one attached hydrogen (secondary N) is 2. The lowest BCUT2D eigenvalue weighted by molar-refractivity contribution is -0.126. The number of aliphatic hydroxyl groups excluding tert-OH is 1. The van der Waals surface area contributed by atoms with E-state index in [-0.39, 0.29) is 17.6 Å². The van der Waals surface area contributed by atoms with Gasteiger partial charge in [-0.05, 0) is 24.4 Å². The van der Waals surface area contributed by atoms with E-state index in [9.17, 15) is 9.90 Å². The van der Waals surface area contributed by atoms with Gasteiger partial charge in [0.15, 0.2) is 0 Å². The number of carbonyl (C=O) groups excluding carboxylic acids is 1. The van der Waals surface area contributed by atoms with Crippen LogP contribution in [0.1, 0.15) is 6.42 Å². The van der Waals surface area contributed by atoms with Gasteiger partial charge in [0.25, 0.3) is 5.17 Å². The highest BCUT2D eigenvalue weighted by atomic mass is 32.1. The number of para-hydroxylation sites is 1. The van der Waals surface area contributed by atoms with Crippen molar-refractivity contribution in [3.05, 3.63) is 30.3 Å². The number of thiocarbonyl (C=S) groups is 1. The Hall–Kier alpha value is -1.66. The van der Waals surface area contributed by atoms with Crippen molar-refractivity contribution in [2.45, 2.75) is 18.6 Å². The summed E-state index contributed by atoms with van der Waals surface area (Å²) in [7, 11) is 0. The lowest BCUT2D eigenvalue weighted by Crippen LogP contribution is -2.55. The minimum Gasteiger partial charge on any atom is -0.432 e. The summed E-state index contributed by atoms with van der Waals surface area (Å²) in [4.78, 5) is 11.5. The van der Waals surface area contributed by atoms with E-state index in [1.165, 1.54) is 0 Å². The van der Waals surface area contributed by atoms with E-state index in [2.05, 4.69) is 10.6 Å². The van der Waals surface area contributed by atoms with Gasteiger partial charge in [-0.2, -0.15) is 0 Å². The molecule has 2 atom stereocenters. The van der Waals surface area contributed by atoms with Gasteiger partial charge in [-0.15, -0.1) is 0 Å². The monoisotopic (exact) mass is 266 g/mol. The van der Waals surface area contributed by atoms with Crippen LogP contribution in [0.2, 0.25) is 0 Å². The van der Waals surface area contributed by atoms with Crippen molar-refractivity contribution in [2.75, 3.05) is 6.54 Å². The van der Waals surface area contributed by atoms with Crippen LogP contribution < -0.4 is 15.4 Å². The summed E-state index contributed by atoms with van der Waals surface area (Å²) < 4.78 is 5.36. The van der Waals surface area contributed by atoms with Crippen molar-refractivity contribution in [1.82, 2.24) is 10.6 Å². The Kier molecular flexibility index (Phi) is 4.11. The molecule has 6 heteroatoms. The highest BCUT2D eigenvalue weighted by molar-refractivity contribution is 7.80. The van der Waals surface area contributed by atoms with Gasteiger partial charge in [0, 0.05) is 13.0 Å². The first kappa shape index (κ1) is 12.8. The molecule has 1 saturated heterocycles. The molecule has 0 aromatic heterocycles. The molecule has 0 bridgehead atoms. The minimum absolute atomic E-state index is 0.121. The predicted molar refractivity (Wildman–Crippen MR) is 70.2 cm³/mol. The molecule has 1 fully saturated rings. The van der Waals surface area contributed by atoms with Gasteiger partial charge in [-0.3, -0.25) is 4.79 Å². The zero-order chi connectivity index (χ0) is 13.0. The molecular weight excluding hydrogens is 252 g/mol. The van der Waals surface area contributed by atoms with Crippen molar-refractivity contribution >= 4 is 23.3 Å². The third-order valence-corrected chi connectivity index (χ3v) is 2.78. The highest BCUT2D eigenvalue weighted by Crippen LogP contribution is 2.10. The van der Waals surface area contributed by atoms with Crippen LogP contribution in [0, 0.1) is 0 Å². The topological polar surface area (TPSA) is 70.6 Å². The molecule has 0 aliphatic carbocycles. The van der Waals surface area contributed by atoms with E-state index >= 15 is 0 Å². The summed E-state index contributed by atoms with van der Waals surface area (Å²) in [5, 5.41) is 15.0. The van der Waals surface area contributed by atoms with Crippen LogP contribution in [0.25, 0.3) is 0 Å². The smallest absolute Gasteiger partial charge is 0.262 e. The number of hydrogen-bond donors (Lipinski definition) is 3. The number of aliphatic hydroxyl groups is 1. The van der Waals surface area contributed by atoms with Crippen LogP contribution in [0.4, 0.5) is 0 Å². The molecule has 0 unspecified atom stereocenters. The summed E-state index contributed by atoms with van der Waals surface area (Å²) in [6.45, 7) is 0.281. The molecule has 0 saturated carbocycles. The Balaban J connectivity index is 1.89. The molecule has 1 aliphatic heterocycles. The number of β-amino-alcohol motifs (C(OH)–C–C–N with tert-alkyl or cyclic N) is 1. The van der Waals surface area contributed by atoms with Crippen LogP contribution >= 0.6 is 12.2 Å². The van der Waals surface area contributed by atoms with E-state index in [1.807, 2.05) is 18.2 Å². The van der Waals surface area contributed by atoms with Crippen LogP contribution in [0.3, 0.4) is 0 Å². The number of amides is 1. The number of piperidine rings is 1. The van der Waals surface area contributed by atoms with Gasteiger partial charge in [0.1, 0.15) is 11.8 Å². The Labute approximate surface area is 110 Å². The number of rotatable bonds is 2. The fourth-order valence-corrected chi connectivity index (χ4v) is 1.93. The number of hydrogen-bond acceptors (Lipinski definition) is 4. The molecule has 1 aromatic rings. The Morgan fingerprint density at radius 2 is 2.17 bits per heavy atom. The zero-order valence-electron chi connectivity index (χ0n) is 9.63. The molecule has 3 N–H and O–H groups in total. The molecule has 96 valence electrons. The second-order valence-corrected chi connectivity index (χ2v) is 4.40. The summed E-state index contributed by atoms with van der Waals surface area (Å²) in [6.07, 6.45) is -0.232. The van der Waals surface area contributed by atoms with Crippen LogP contribution in [-0.2, 0) is 4.79 Å². The van der Waals surface area contributed by atoms with E-state index in [0.717, 1.165) is 0 Å². The maximum absolute atomic E-state index is 11.5. The molecule has 1 heterocycles. The quantitative estimate of drug-likeness (QED) is 0.667. The average Bonchev–Trinajstić information content (AvgIpc) is 2.35. The first-order chi connectivity index (χ1) is 8.65. The molecule has 18 heavy (non-hydrogen) atoms. The van der Waals surface area contributed by atoms with Gasteiger partial charge in [-0.1, -0.05) is 18.2 Å². The van der Waals surface area contributed by atoms with Crippen molar-refractivity contribution in [2.24, 2.45) is 0 Å². The van der Waals surface area contributed by atoms with E-state index in [4.69, 9.17) is 17.0 Å². The van der Waals surface area contributed by atoms with Crippen LogP contribution in [-0.4, -0.2) is 34.9 Å². The number of ether oxygens (including phenoxy) is 1. The summed E-state index contributed by atoms with van der Waals surface area (Å²) in [5.41, 5.74) is 0. The lowest BCUT2D eigenvalue weighted by Gasteiger charge is -2.27. The van der Waals surface area contributed by atoms with Crippen molar-refractivity contribution < 1.29 is 14.6 Å². The second-order valence-electron chi connectivity index (χ2n) is 4.03. The lowest BCUT2D eigenvalue weighted by atomic mass is 10.0. The third kappa shape index (κ3) is 3.41. The van der Waals surface area contributed by atoms with Gasteiger partial charge in [0.2, 0.25) is 5.91 Å². The molecule has 1 aliphatic rings. The Morgan fingerprint density at radius 1 is 1.44 bits per heavy atom. The largest absolute Gasteiger partial charge is 0.432 e. The van der Waals surface area contributed by atoms with E-state index < -0.39 is 12.1 Å². The van der Waals surface area contributed by atoms with Crippen LogP contribution in [0.5, 0.6) is 5.75 Å². The van der Waals surface area contributed by atoms with Gasteiger partial charge >= 0.3 is 0 Å². The fourth-order valence-electron chi connectivity index (χ4n) is 1.70. The Morgan fingerprint density at radius 3 is 2.89 bits per heavy atom. The number of carbonyl (C=O) groups is 1. The van der Waals surface area contributed by atoms with Gasteiger partial charge in [0.05, 0.1) is 6.10 Å². The van der Waals surface area contributed by atoms with E-state index in [0.29, 0.717) is 12.2 Å². The first-order valence-corrected chi connectivity index (χ1v) is 6.05. The summed E-state index contributed by atoms with van der Waals surface area (Å²) >= 11 is 5.01. The number of benzene rings is 1. The third-order valence-electron chi connectivity index (χ3n) is 2.58. The first-order valence-electron chi connectivity index (χ1n) is 5.64. The SMILES string of the molecule is O=C1NC[C@@H](O)C[C@H]1NC(=S)Oc1ccccc1. The molecule has 0 radical (unpaired) electrons. The standard InChI is InChI=1S/C12H14N2O3S/c15-8-6-10(11(16)13-7-8)14-12(18)17-9-4-2-1-3-5-9/h1-5,8,10,15H,6-7H2,(H,13,16)(H,14,18)/t8-,10+/m0/s1. The fraction of sp³-hybridized carbons (Fsp3) is 0.333. The average molecular weight is 266 g/mol. The maximum atomic E-state index is 11.5. The van der Waals surface area contributed by atoms with Crippen molar-refractivity contribution in [1.29, 1.82) is 0 Å². The summed E-state index contributed by atoms with van der Waals surface area (Å²) in [6, 6.07) is 8.51. The van der Waals surface area contributed by atoms with Crippen molar-refractivity contribution in [3.8, 4) is 5.75 Å². The van der Waals surface area contributed by atoms with E-state index in [1.54, 1.807) is 12.1 Å². The molecule has 2 rings (SSSR count). The molecule has 0 spiro atoms. The minimum atomic E-state index is -0.556. The second kappa shape index (κ2) is 5.79. The predicted octanol–water partition coefficient (Wildman–Crippen LogP) is 0.189. The molecule has 1 aromatic carbocycles. The normalized spacial score (nSPS) is 23.1.